The molecule has 1 saturated heterocycles. The fourth-order valence-corrected chi connectivity index (χ4v) is 4.33. The molecule has 9 heteroatoms. The molecule has 1 aromatic heterocycles. The molecule has 1 N–H and O–H groups in total. The molecule has 0 radical (unpaired) electrons. The second-order valence-electron chi connectivity index (χ2n) is 7.83. The number of fused-ring (bicyclic) bond motifs is 1. The highest BCUT2D eigenvalue weighted by atomic mass is 35.5. The lowest BCUT2D eigenvalue weighted by Gasteiger charge is -2.35. The molecule has 1 atom stereocenters. The first-order valence-corrected chi connectivity index (χ1v) is 11.3. The Morgan fingerprint density at radius 1 is 1.03 bits per heavy atom. The maximum absolute atomic E-state index is 12.9. The van der Waals surface area contributed by atoms with E-state index in [2.05, 4.69) is 15.4 Å². The van der Waals surface area contributed by atoms with Crippen LogP contribution in [0.5, 0.6) is 11.5 Å². The number of benzene rings is 2. The quantitative estimate of drug-likeness (QED) is 0.590. The van der Waals surface area contributed by atoms with E-state index in [1.54, 1.807) is 6.07 Å². The number of rotatable bonds is 6. The molecular formula is C24H24ClN3O5. The van der Waals surface area contributed by atoms with Crippen LogP contribution in [0.2, 0.25) is 5.02 Å². The summed E-state index contributed by atoms with van der Waals surface area (Å²) < 4.78 is 22.1. The summed E-state index contributed by atoms with van der Waals surface area (Å²) in [6.07, 6.45) is 0. The molecule has 8 nitrogen and oxygen atoms in total. The van der Waals surface area contributed by atoms with Crippen LogP contribution in [0, 0.1) is 0 Å². The summed E-state index contributed by atoms with van der Waals surface area (Å²) in [4.78, 5) is 15.1. The third kappa shape index (κ3) is 4.83. The topological polar surface area (TPSA) is 86.1 Å². The first-order valence-electron chi connectivity index (χ1n) is 10.9. The van der Waals surface area contributed by atoms with Gasteiger partial charge in [-0.3, -0.25) is 9.69 Å². The summed E-state index contributed by atoms with van der Waals surface area (Å²) in [6.45, 7) is 4.24. The Bertz CT molecular complexity index is 1130. The van der Waals surface area contributed by atoms with Gasteiger partial charge in [-0.1, -0.05) is 35.0 Å². The van der Waals surface area contributed by atoms with Crippen molar-refractivity contribution in [1.82, 2.24) is 15.4 Å². The number of morpholine rings is 1. The number of carbonyl (C=O) groups is 1. The molecule has 1 fully saturated rings. The van der Waals surface area contributed by atoms with Gasteiger partial charge in [0.2, 0.25) is 0 Å². The van der Waals surface area contributed by atoms with Crippen molar-refractivity contribution in [2.75, 3.05) is 46.1 Å². The third-order valence-electron chi connectivity index (χ3n) is 5.78. The molecule has 0 aliphatic carbocycles. The van der Waals surface area contributed by atoms with Crippen LogP contribution in [0.1, 0.15) is 22.1 Å². The summed E-state index contributed by atoms with van der Waals surface area (Å²) in [7, 11) is 0. The molecule has 172 valence electrons. The Morgan fingerprint density at radius 2 is 1.82 bits per heavy atom. The van der Waals surface area contributed by atoms with Gasteiger partial charge in [-0.05, 0) is 29.8 Å². The summed E-state index contributed by atoms with van der Waals surface area (Å²) >= 11 is 6.48. The number of halogens is 1. The van der Waals surface area contributed by atoms with Crippen molar-refractivity contribution in [3.63, 3.8) is 0 Å². The minimum absolute atomic E-state index is 0.0734. The van der Waals surface area contributed by atoms with E-state index in [0.29, 0.717) is 55.3 Å². The number of nitrogens with zero attached hydrogens (tertiary/aromatic N) is 2. The standard InChI is InChI=1S/C24H24ClN3O5/c25-18-4-2-1-3-17(18)20(28-7-9-30-10-8-28)15-26-24(29)19-14-22(33-27-19)16-5-6-21-23(13-16)32-12-11-31-21/h1-6,13-14,20H,7-12,15H2,(H,26,29)/t20-/m1/s1. The monoisotopic (exact) mass is 469 g/mol. The SMILES string of the molecule is O=C(NC[C@H](c1ccccc1Cl)N1CCOCC1)c1cc(-c2ccc3c(c2)OCCO3)on1. The predicted molar refractivity (Wildman–Crippen MR) is 122 cm³/mol. The molecule has 3 heterocycles. The summed E-state index contributed by atoms with van der Waals surface area (Å²) in [6, 6.07) is 14.8. The average Bonchev–Trinajstić information content (AvgIpc) is 3.36. The molecule has 0 spiro atoms. The van der Waals surface area contributed by atoms with Crippen LogP contribution in [0.15, 0.2) is 53.1 Å². The van der Waals surface area contributed by atoms with Gasteiger partial charge >= 0.3 is 0 Å². The third-order valence-corrected chi connectivity index (χ3v) is 6.12. The van der Waals surface area contributed by atoms with Crippen molar-refractivity contribution in [1.29, 1.82) is 0 Å². The lowest BCUT2D eigenvalue weighted by Crippen LogP contribution is -2.44. The van der Waals surface area contributed by atoms with E-state index in [4.69, 9.17) is 30.3 Å². The first kappa shape index (κ1) is 21.8. The lowest BCUT2D eigenvalue weighted by atomic mass is 10.0. The molecule has 1 amide bonds. The molecule has 0 unspecified atom stereocenters. The van der Waals surface area contributed by atoms with Gasteiger partial charge in [-0.25, -0.2) is 0 Å². The molecule has 33 heavy (non-hydrogen) atoms. The zero-order chi connectivity index (χ0) is 22.6. The molecule has 0 saturated carbocycles. The number of nitrogens with one attached hydrogen (secondary N) is 1. The van der Waals surface area contributed by atoms with Gasteiger partial charge in [0.05, 0.1) is 19.3 Å². The minimum Gasteiger partial charge on any atom is -0.486 e. The maximum Gasteiger partial charge on any atom is 0.273 e. The Morgan fingerprint density at radius 3 is 2.64 bits per heavy atom. The number of hydrogen-bond donors (Lipinski definition) is 1. The van der Waals surface area contributed by atoms with Gasteiger partial charge in [-0.15, -0.1) is 0 Å². The van der Waals surface area contributed by atoms with E-state index in [9.17, 15) is 4.79 Å². The van der Waals surface area contributed by atoms with Crippen LogP contribution in [-0.4, -0.2) is 62.0 Å². The van der Waals surface area contributed by atoms with Crippen LogP contribution < -0.4 is 14.8 Å². The highest BCUT2D eigenvalue weighted by Crippen LogP contribution is 2.34. The zero-order valence-corrected chi connectivity index (χ0v) is 18.7. The Balaban J connectivity index is 1.30. The lowest BCUT2D eigenvalue weighted by molar-refractivity contribution is 0.0162. The van der Waals surface area contributed by atoms with E-state index < -0.39 is 0 Å². The minimum atomic E-state index is -0.312. The molecule has 2 aromatic carbocycles. The van der Waals surface area contributed by atoms with Crippen molar-refractivity contribution in [3.8, 4) is 22.8 Å². The fraction of sp³-hybridized carbons (Fsp3) is 0.333. The second kappa shape index (κ2) is 9.82. The van der Waals surface area contributed by atoms with Crippen LogP contribution in [-0.2, 0) is 4.74 Å². The number of ether oxygens (including phenoxy) is 3. The van der Waals surface area contributed by atoms with Gasteiger partial charge in [-0.2, -0.15) is 0 Å². The summed E-state index contributed by atoms with van der Waals surface area (Å²) in [5.74, 6) is 1.51. The van der Waals surface area contributed by atoms with Crippen molar-refractivity contribution >= 4 is 17.5 Å². The highest BCUT2D eigenvalue weighted by Gasteiger charge is 2.26. The second-order valence-corrected chi connectivity index (χ2v) is 8.24. The number of carbonyl (C=O) groups excluding carboxylic acids is 1. The fourth-order valence-electron chi connectivity index (χ4n) is 4.07. The smallest absolute Gasteiger partial charge is 0.273 e. The molecule has 0 bridgehead atoms. The largest absolute Gasteiger partial charge is 0.486 e. The Labute approximate surface area is 196 Å². The van der Waals surface area contributed by atoms with Crippen LogP contribution in [0.25, 0.3) is 11.3 Å². The van der Waals surface area contributed by atoms with Crippen LogP contribution >= 0.6 is 11.6 Å². The van der Waals surface area contributed by atoms with Crippen LogP contribution in [0.3, 0.4) is 0 Å². The highest BCUT2D eigenvalue weighted by molar-refractivity contribution is 6.31. The van der Waals surface area contributed by atoms with Crippen molar-refractivity contribution in [3.05, 3.63) is 64.8 Å². The van der Waals surface area contributed by atoms with Crippen molar-refractivity contribution in [2.45, 2.75) is 6.04 Å². The van der Waals surface area contributed by atoms with Gasteiger partial charge < -0.3 is 24.1 Å². The average molecular weight is 470 g/mol. The van der Waals surface area contributed by atoms with Crippen molar-refractivity contribution in [2.24, 2.45) is 0 Å². The number of amides is 1. The first-order chi connectivity index (χ1) is 16.2. The van der Waals surface area contributed by atoms with Crippen molar-refractivity contribution < 1.29 is 23.5 Å². The van der Waals surface area contributed by atoms with E-state index in [0.717, 1.165) is 24.2 Å². The van der Waals surface area contributed by atoms with Gasteiger partial charge in [0, 0.05) is 36.3 Å². The molecular weight excluding hydrogens is 446 g/mol. The van der Waals surface area contributed by atoms with E-state index in [1.165, 1.54) is 0 Å². The Kier molecular flexibility index (Phi) is 6.48. The summed E-state index contributed by atoms with van der Waals surface area (Å²) in [5.41, 5.74) is 1.94. The number of hydrogen-bond acceptors (Lipinski definition) is 7. The molecule has 3 aromatic rings. The van der Waals surface area contributed by atoms with E-state index in [-0.39, 0.29) is 17.6 Å². The van der Waals surface area contributed by atoms with Crippen LogP contribution in [0.4, 0.5) is 0 Å². The number of aromatic nitrogens is 1. The predicted octanol–water partition coefficient (Wildman–Crippen LogP) is 3.57. The van der Waals surface area contributed by atoms with Gasteiger partial charge in [0.1, 0.15) is 13.2 Å². The molecule has 5 rings (SSSR count). The van der Waals surface area contributed by atoms with Gasteiger partial charge in [0.25, 0.3) is 5.91 Å². The van der Waals surface area contributed by atoms with E-state index in [1.807, 2.05) is 42.5 Å². The Hall–Kier alpha value is -3.07. The maximum atomic E-state index is 12.9. The molecule has 2 aliphatic rings. The normalized spacial score (nSPS) is 16.9. The van der Waals surface area contributed by atoms with E-state index >= 15 is 0 Å². The van der Waals surface area contributed by atoms with Gasteiger partial charge in [0.15, 0.2) is 23.0 Å². The zero-order valence-electron chi connectivity index (χ0n) is 18.0. The molecule has 2 aliphatic heterocycles. The summed E-state index contributed by atoms with van der Waals surface area (Å²) in [5, 5.41) is 7.63.